The summed E-state index contributed by atoms with van der Waals surface area (Å²) in [6, 6.07) is -2.74. The Morgan fingerprint density at radius 2 is 0.303 bits per heavy atom. The van der Waals surface area contributed by atoms with E-state index in [2.05, 4.69) is 0 Å². The molecule has 0 amide bonds. The van der Waals surface area contributed by atoms with Crippen molar-refractivity contribution in [1.29, 1.82) is 0 Å². The van der Waals surface area contributed by atoms with Gasteiger partial charge in [-0.1, -0.05) is 0 Å². The standard InChI is InChI=1S/C32H8F42Se2/c33-13(34,15(37,38)17(41,42)19(45,46)21(49,50)23(53,54)25(57,58)27(61,62)29(65,66)31(69,70)71)9-1-5-11(6-2-9)75-76-12-7-3-10(4-8-12)14(35,36)16(39,40)18(43,44)20(47,48)22(51,52)24(55,56)26(59,60)28(63,64)30(67,68)32(72,73)74/h1-8H. The molecule has 0 saturated carbocycles. The Labute approximate surface area is 398 Å². The van der Waals surface area contributed by atoms with Gasteiger partial charge in [0.25, 0.3) is 0 Å². The molecule has 0 aliphatic carbocycles. The molecule has 0 aliphatic heterocycles. The van der Waals surface area contributed by atoms with Gasteiger partial charge in [0.2, 0.25) is 0 Å². The van der Waals surface area contributed by atoms with Gasteiger partial charge in [-0.2, -0.15) is 61.5 Å². The average Bonchev–Trinajstić information content (AvgIpc) is 3.23. The number of hydrogen-bond acceptors (Lipinski definition) is 0. The fourth-order valence-electron chi connectivity index (χ4n) is 5.01. The van der Waals surface area contributed by atoms with Gasteiger partial charge >= 0.3 is 337 Å². The van der Waals surface area contributed by atoms with E-state index >= 15 is 0 Å². The molecular formula is C32H8F42Se2. The van der Waals surface area contributed by atoms with Crippen LogP contribution in [0.5, 0.6) is 0 Å². The van der Waals surface area contributed by atoms with Crippen molar-refractivity contribution in [2.24, 2.45) is 0 Å². The van der Waals surface area contributed by atoms with Crippen LogP contribution in [0.1, 0.15) is 11.1 Å². The fraction of sp³-hybridized carbons (Fsp3) is 0.625. The molecule has 0 bridgehead atoms. The van der Waals surface area contributed by atoms with Gasteiger partial charge < -0.3 is 0 Å². The van der Waals surface area contributed by atoms with Gasteiger partial charge in [-0.15, -0.1) is 0 Å². The molecule has 0 aliphatic rings. The van der Waals surface area contributed by atoms with Gasteiger partial charge in [0, 0.05) is 0 Å². The molecule has 0 nitrogen and oxygen atoms in total. The zero-order valence-electron chi connectivity index (χ0n) is 33.3. The SMILES string of the molecule is FC(F)(F)C(F)(F)C(F)(F)C(F)(F)C(F)(F)C(F)(F)C(F)(F)C(F)(F)C(F)(F)C(F)(F)c1ccc([Se][Se]c2ccc(C(F)(F)C(F)(F)C(F)(F)C(F)(F)C(F)(F)C(F)(F)C(F)(F)C(F)(F)C(F)(F)C(F)(F)F)cc2)cc1. The van der Waals surface area contributed by atoms with E-state index in [1.807, 2.05) is 0 Å². The Balaban J connectivity index is 2.49. The van der Waals surface area contributed by atoms with Crippen LogP contribution in [0.2, 0.25) is 0 Å². The quantitative estimate of drug-likeness (QED) is 0.0863. The Kier molecular flexibility index (Phi) is 16.8. The third-order valence-electron chi connectivity index (χ3n) is 9.69. The zero-order chi connectivity index (χ0) is 61.4. The molecular weight excluding hydrogens is 1340 g/mol. The van der Waals surface area contributed by atoms with Crippen molar-refractivity contribution in [3.05, 3.63) is 59.7 Å². The predicted octanol–water partition coefficient (Wildman–Crippen LogP) is 14.4. The summed E-state index contributed by atoms with van der Waals surface area (Å²) < 4.78 is 575. The van der Waals surface area contributed by atoms with Gasteiger partial charge in [-0.25, -0.2) is 0 Å². The summed E-state index contributed by atoms with van der Waals surface area (Å²) in [5.74, 6) is -160. The van der Waals surface area contributed by atoms with Crippen LogP contribution < -0.4 is 8.92 Å². The van der Waals surface area contributed by atoms with Crippen LogP contribution in [0, 0.1) is 0 Å². The Bertz CT molecular complexity index is 2200. The predicted molar refractivity (Wildman–Crippen MR) is 163 cm³/mol. The molecule has 0 N–H and O–H groups in total. The molecule has 0 aromatic heterocycles. The number of rotatable bonds is 21. The molecule has 44 heteroatoms. The van der Waals surface area contributed by atoms with Crippen LogP contribution in [0.3, 0.4) is 0 Å². The second-order valence-electron chi connectivity index (χ2n) is 14.6. The van der Waals surface area contributed by atoms with E-state index < -0.39 is 190 Å². The van der Waals surface area contributed by atoms with Gasteiger partial charge in [-0.05, 0) is 0 Å². The second kappa shape index (κ2) is 18.5. The molecule has 0 radical (unpaired) electrons. The fourth-order valence-corrected chi connectivity index (χ4v) is 11.0. The molecule has 442 valence electrons. The van der Waals surface area contributed by atoms with Crippen molar-refractivity contribution < 1.29 is 184 Å². The van der Waals surface area contributed by atoms with Crippen LogP contribution in [-0.2, 0) is 11.8 Å². The Morgan fingerprint density at radius 3 is 0.447 bits per heavy atom. The minimum atomic E-state index is -9.47. The van der Waals surface area contributed by atoms with Gasteiger partial charge in [0.15, 0.2) is 0 Å². The number of benzene rings is 2. The first-order valence-corrected chi connectivity index (χ1v) is 23.2. The van der Waals surface area contributed by atoms with Crippen LogP contribution in [-0.4, -0.2) is 133 Å². The van der Waals surface area contributed by atoms with E-state index in [4.69, 9.17) is 0 Å². The summed E-state index contributed by atoms with van der Waals surface area (Å²) in [6.07, 6.45) is -16.4. The van der Waals surface area contributed by atoms with E-state index in [0.29, 0.717) is 0 Å². The molecule has 0 saturated heterocycles. The van der Waals surface area contributed by atoms with Crippen molar-refractivity contribution in [3.63, 3.8) is 0 Å². The number of alkyl halides is 42. The van der Waals surface area contributed by atoms with Crippen LogP contribution in [0.15, 0.2) is 48.5 Å². The molecule has 2 aromatic carbocycles. The number of hydrogen-bond donors (Lipinski definition) is 0. The Morgan fingerprint density at radius 1 is 0.171 bits per heavy atom. The van der Waals surface area contributed by atoms with Gasteiger partial charge in [0.1, 0.15) is 0 Å². The van der Waals surface area contributed by atoms with E-state index in [-0.39, 0.29) is 24.3 Å². The van der Waals surface area contributed by atoms with Crippen LogP contribution in [0.25, 0.3) is 0 Å². The third kappa shape index (κ3) is 8.92. The summed E-state index contributed by atoms with van der Waals surface area (Å²) in [4.78, 5) is 0. The zero-order valence-corrected chi connectivity index (χ0v) is 36.7. The average molecular weight is 1350 g/mol. The van der Waals surface area contributed by atoms with E-state index in [0.717, 1.165) is 0 Å². The topological polar surface area (TPSA) is 0 Å². The van der Waals surface area contributed by atoms with Crippen LogP contribution >= 0.6 is 0 Å². The monoisotopic (exact) mass is 1350 g/mol. The normalized spacial score (nSPS) is 16.4. The molecule has 76 heavy (non-hydrogen) atoms. The second-order valence-corrected chi connectivity index (χ2v) is 20.9. The third-order valence-corrected chi connectivity index (χ3v) is 16.9. The summed E-state index contributed by atoms with van der Waals surface area (Å²) in [6.45, 7) is 0. The van der Waals surface area contributed by atoms with E-state index in [9.17, 15) is 184 Å². The summed E-state index contributed by atoms with van der Waals surface area (Å²) in [5.41, 5.74) is -5.74. The van der Waals surface area contributed by atoms with E-state index in [1.54, 1.807) is 0 Å². The molecule has 2 aromatic rings. The molecule has 0 fully saturated rings. The summed E-state index contributed by atoms with van der Waals surface area (Å²) in [5, 5.41) is 0. The maximum atomic E-state index is 14.7. The van der Waals surface area contributed by atoms with Gasteiger partial charge in [-0.3, -0.25) is 0 Å². The number of halogens is 42. The van der Waals surface area contributed by atoms with Crippen molar-refractivity contribution in [2.75, 3.05) is 0 Å². The molecule has 0 unspecified atom stereocenters. The molecule has 0 atom stereocenters. The maximum absolute atomic E-state index is 14.7. The van der Waals surface area contributed by atoms with Crippen molar-refractivity contribution in [3.8, 4) is 0 Å². The first-order chi connectivity index (χ1) is 32.7. The first kappa shape index (κ1) is 68.6. The summed E-state index contributed by atoms with van der Waals surface area (Å²) in [7, 11) is 0. The summed E-state index contributed by atoms with van der Waals surface area (Å²) >= 11 is -3.35. The van der Waals surface area contributed by atoms with Gasteiger partial charge in [0.05, 0.1) is 0 Å². The first-order valence-electron chi connectivity index (χ1n) is 17.2. The molecule has 0 heterocycles. The van der Waals surface area contributed by atoms with E-state index in [1.165, 1.54) is 0 Å². The minimum absolute atomic E-state index is 0.0485. The van der Waals surface area contributed by atoms with Crippen LogP contribution in [0.4, 0.5) is 184 Å². The Hall–Kier alpha value is -3.46. The van der Waals surface area contributed by atoms with Crippen molar-refractivity contribution in [1.82, 2.24) is 0 Å². The van der Waals surface area contributed by atoms with Crippen molar-refractivity contribution >= 4 is 35.2 Å². The van der Waals surface area contributed by atoms with Crippen molar-refractivity contribution in [2.45, 2.75) is 119 Å². The molecule has 0 spiro atoms. The molecule has 2 rings (SSSR count).